The van der Waals surface area contributed by atoms with Gasteiger partial charge in [-0.15, -0.1) is 0 Å². The van der Waals surface area contributed by atoms with Crippen LogP contribution in [0.3, 0.4) is 0 Å². The minimum Gasteiger partial charge on any atom is -0.618 e. The molecule has 0 N–H and O–H groups in total. The number of fused-ring (bicyclic) bond motifs is 3. The summed E-state index contributed by atoms with van der Waals surface area (Å²) in [5.41, 5.74) is 2.37. The van der Waals surface area contributed by atoms with Crippen LogP contribution in [0.25, 0.3) is 0 Å². The molecular formula is C11H13NO. The first-order chi connectivity index (χ1) is 6.36. The molecule has 2 atom stereocenters. The van der Waals surface area contributed by atoms with E-state index in [1.807, 2.05) is 6.07 Å². The van der Waals surface area contributed by atoms with Crippen LogP contribution in [-0.2, 0) is 6.42 Å². The molecule has 13 heavy (non-hydrogen) atoms. The normalized spacial score (nSPS) is 30.2. The van der Waals surface area contributed by atoms with E-state index in [1.165, 1.54) is 24.8 Å². The Hall–Kier alpha value is -1.05. The summed E-state index contributed by atoms with van der Waals surface area (Å²) in [6.45, 7) is 0. The first-order valence-electron chi connectivity index (χ1n) is 5.07. The zero-order valence-corrected chi connectivity index (χ0v) is 7.57. The molecule has 68 valence electrons. The summed E-state index contributed by atoms with van der Waals surface area (Å²) in [5, 5.41) is 11.5. The lowest BCUT2D eigenvalue weighted by molar-refractivity contribution is -0.613. The minimum absolute atomic E-state index is 0.705. The molecule has 2 aliphatic carbocycles. The highest BCUT2D eigenvalue weighted by Gasteiger charge is 2.39. The highest BCUT2D eigenvalue weighted by atomic mass is 16.5. The molecule has 1 heterocycles. The molecule has 0 aliphatic heterocycles. The van der Waals surface area contributed by atoms with E-state index in [4.69, 9.17) is 0 Å². The number of pyridine rings is 1. The standard InChI is InChI=1S/C11H13NO/c13-12-6-2-5-10-9-4-1-3-8(9)7-11(10)12/h2,5-6,8-9H,1,3-4,7H2. The topological polar surface area (TPSA) is 26.9 Å². The van der Waals surface area contributed by atoms with Gasteiger partial charge in [0.25, 0.3) is 0 Å². The van der Waals surface area contributed by atoms with Crippen LogP contribution in [0, 0.1) is 11.1 Å². The fraction of sp³-hybridized carbons (Fsp3) is 0.545. The predicted molar refractivity (Wildman–Crippen MR) is 49.2 cm³/mol. The van der Waals surface area contributed by atoms with Gasteiger partial charge < -0.3 is 5.21 Å². The van der Waals surface area contributed by atoms with E-state index in [0.717, 1.165) is 22.8 Å². The van der Waals surface area contributed by atoms with Gasteiger partial charge in [-0.05, 0) is 30.7 Å². The van der Waals surface area contributed by atoms with Gasteiger partial charge in [0.15, 0.2) is 11.9 Å². The Morgan fingerprint density at radius 2 is 2.31 bits per heavy atom. The van der Waals surface area contributed by atoms with E-state index < -0.39 is 0 Å². The fourth-order valence-corrected chi connectivity index (χ4v) is 3.02. The Bertz CT molecular complexity index is 348. The van der Waals surface area contributed by atoms with Crippen molar-refractivity contribution in [3.8, 4) is 0 Å². The minimum atomic E-state index is 0.705. The molecule has 0 radical (unpaired) electrons. The van der Waals surface area contributed by atoms with E-state index in [-0.39, 0.29) is 0 Å². The van der Waals surface area contributed by atoms with Gasteiger partial charge >= 0.3 is 0 Å². The van der Waals surface area contributed by atoms with Gasteiger partial charge in [-0.3, -0.25) is 0 Å². The molecule has 2 nitrogen and oxygen atoms in total. The second kappa shape index (κ2) is 2.47. The van der Waals surface area contributed by atoms with Gasteiger partial charge in [0.2, 0.25) is 0 Å². The van der Waals surface area contributed by atoms with Gasteiger partial charge in [-0.2, -0.15) is 4.73 Å². The van der Waals surface area contributed by atoms with Crippen molar-refractivity contribution in [1.29, 1.82) is 0 Å². The Balaban J connectivity index is 2.12. The van der Waals surface area contributed by atoms with Crippen molar-refractivity contribution >= 4 is 0 Å². The van der Waals surface area contributed by atoms with Crippen LogP contribution in [0.2, 0.25) is 0 Å². The van der Waals surface area contributed by atoms with E-state index in [2.05, 4.69) is 6.07 Å². The summed E-state index contributed by atoms with van der Waals surface area (Å²) in [6.07, 6.45) is 6.60. The molecule has 0 spiro atoms. The SMILES string of the molecule is [O-][n+]1cccc2c1CC1CCCC21. The molecule has 0 saturated heterocycles. The molecule has 2 heteroatoms. The quantitative estimate of drug-likeness (QED) is 0.436. The smallest absolute Gasteiger partial charge is 0.196 e. The average molecular weight is 175 g/mol. The van der Waals surface area contributed by atoms with Gasteiger partial charge in [-0.25, -0.2) is 0 Å². The molecule has 3 rings (SSSR count). The maximum absolute atomic E-state index is 11.5. The van der Waals surface area contributed by atoms with Crippen LogP contribution in [0.1, 0.15) is 36.4 Å². The first kappa shape index (κ1) is 7.36. The number of hydrogen-bond donors (Lipinski definition) is 0. The molecule has 0 bridgehead atoms. The van der Waals surface area contributed by atoms with Crippen LogP contribution in [0.4, 0.5) is 0 Å². The van der Waals surface area contributed by atoms with E-state index >= 15 is 0 Å². The van der Waals surface area contributed by atoms with Gasteiger partial charge in [0, 0.05) is 18.1 Å². The van der Waals surface area contributed by atoms with Crippen LogP contribution in [-0.4, -0.2) is 0 Å². The molecule has 1 saturated carbocycles. The summed E-state index contributed by atoms with van der Waals surface area (Å²) in [6, 6.07) is 4.02. The Morgan fingerprint density at radius 1 is 1.38 bits per heavy atom. The van der Waals surface area contributed by atoms with Crippen LogP contribution >= 0.6 is 0 Å². The second-order valence-electron chi connectivity index (χ2n) is 4.24. The third kappa shape index (κ3) is 0.916. The predicted octanol–water partition coefficient (Wildman–Crippen LogP) is 1.76. The zero-order chi connectivity index (χ0) is 8.84. The highest BCUT2D eigenvalue weighted by Crippen LogP contribution is 2.46. The highest BCUT2D eigenvalue weighted by molar-refractivity contribution is 5.29. The van der Waals surface area contributed by atoms with Crippen molar-refractivity contribution in [3.63, 3.8) is 0 Å². The van der Waals surface area contributed by atoms with Crippen LogP contribution in [0.15, 0.2) is 18.3 Å². The summed E-state index contributed by atoms with van der Waals surface area (Å²) in [5.74, 6) is 1.48. The number of hydrogen-bond acceptors (Lipinski definition) is 1. The van der Waals surface area contributed by atoms with Crippen molar-refractivity contribution in [2.24, 2.45) is 5.92 Å². The average Bonchev–Trinajstić information content (AvgIpc) is 2.65. The monoisotopic (exact) mass is 175 g/mol. The maximum Gasteiger partial charge on any atom is 0.196 e. The van der Waals surface area contributed by atoms with Crippen molar-refractivity contribution in [1.82, 2.24) is 0 Å². The zero-order valence-electron chi connectivity index (χ0n) is 7.57. The largest absolute Gasteiger partial charge is 0.618 e. The van der Waals surface area contributed by atoms with Gasteiger partial charge in [-0.1, -0.05) is 6.42 Å². The van der Waals surface area contributed by atoms with Crippen LogP contribution < -0.4 is 4.73 Å². The van der Waals surface area contributed by atoms with Crippen molar-refractivity contribution in [2.75, 3.05) is 0 Å². The van der Waals surface area contributed by atoms with Crippen LogP contribution in [0.5, 0.6) is 0 Å². The number of rotatable bonds is 0. The lowest BCUT2D eigenvalue weighted by Crippen LogP contribution is -2.31. The lowest BCUT2D eigenvalue weighted by Gasteiger charge is -2.06. The summed E-state index contributed by atoms with van der Waals surface area (Å²) in [4.78, 5) is 0. The van der Waals surface area contributed by atoms with Crippen molar-refractivity contribution < 1.29 is 4.73 Å². The molecule has 1 aromatic rings. The van der Waals surface area contributed by atoms with E-state index in [9.17, 15) is 5.21 Å². The van der Waals surface area contributed by atoms with Gasteiger partial charge in [0.05, 0.1) is 0 Å². The lowest BCUT2D eigenvalue weighted by atomic mass is 9.97. The van der Waals surface area contributed by atoms with Gasteiger partial charge in [0.1, 0.15) is 0 Å². The third-order valence-corrected chi connectivity index (χ3v) is 3.61. The summed E-state index contributed by atoms with van der Waals surface area (Å²) >= 11 is 0. The summed E-state index contributed by atoms with van der Waals surface area (Å²) < 4.78 is 1.06. The number of aromatic nitrogens is 1. The van der Waals surface area contributed by atoms with E-state index in [1.54, 1.807) is 6.20 Å². The fourth-order valence-electron chi connectivity index (χ4n) is 3.02. The third-order valence-electron chi connectivity index (χ3n) is 3.61. The Kier molecular flexibility index (Phi) is 1.40. The Labute approximate surface area is 77.8 Å². The van der Waals surface area contributed by atoms with E-state index in [0.29, 0.717) is 5.92 Å². The number of nitrogens with zero attached hydrogens (tertiary/aromatic N) is 1. The molecule has 1 fully saturated rings. The first-order valence-corrected chi connectivity index (χ1v) is 5.07. The van der Waals surface area contributed by atoms with Crippen molar-refractivity contribution in [2.45, 2.75) is 31.6 Å². The van der Waals surface area contributed by atoms with Crippen molar-refractivity contribution in [3.05, 3.63) is 34.8 Å². The molecule has 2 unspecified atom stereocenters. The molecular weight excluding hydrogens is 162 g/mol. The molecule has 1 aromatic heterocycles. The Morgan fingerprint density at radius 3 is 3.23 bits per heavy atom. The molecule has 2 aliphatic rings. The summed E-state index contributed by atoms with van der Waals surface area (Å²) in [7, 11) is 0. The molecule has 0 aromatic carbocycles. The molecule has 0 amide bonds. The maximum atomic E-state index is 11.5. The second-order valence-corrected chi connectivity index (χ2v) is 4.24.